The van der Waals surface area contributed by atoms with Gasteiger partial charge in [-0.25, -0.2) is 0 Å². The molecule has 0 N–H and O–H groups in total. The number of hydrogen-bond acceptors (Lipinski definition) is 2. The highest BCUT2D eigenvalue weighted by molar-refractivity contribution is 7.25. The van der Waals surface area contributed by atoms with Crippen LogP contribution in [0.5, 0.6) is 0 Å². The molecule has 0 unspecified atom stereocenters. The first-order valence-corrected chi connectivity index (χ1v) is 13.4. The Morgan fingerprint density at radius 3 is 2.08 bits per heavy atom. The standard InChI is InChI=1S/C34H19NOS/c1-2-11-24-23(10-1)31-26-13-4-7-15-28(26)36-34(31)32-25-12-3-6-14-27(25)35(33(24)32)20-17-18-22-21-9-5-8-16-29(21)37-30(22)19-20/h1-19H. The summed E-state index contributed by atoms with van der Waals surface area (Å²) in [5.41, 5.74) is 5.46. The van der Waals surface area contributed by atoms with Gasteiger partial charge >= 0.3 is 0 Å². The molecule has 172 valence electrons. The van der Waals surface area contributed by atoms with Crippen LogP contribution in [0.1, 0.15) is 0 Å². The fourth-order valence-electron chi connectivity index (χ4n) is 6.24. The van der Waals surface area contributed by atoms with Gasteiger partial charge in [0.05, 0.1) is 16.4 Å². The van der Waals surface area contributed by atoms with E-state index in [1.807, 2.05) is 17.4 Å². The Labute approximate surface area is 215 Å². The number of hydrogen-bond donors (Lipinski definition) is 0. The van der Waals surface area contributed by atoms with Crippen molar-refractivity contribution < 1.29 is 4.42 Å². The van der Waals surface area contributed by atoms with Crippen LogP contribution in [0.4, 0.5) is 0 Å². The second-order valence-corrected chi connectivity index (χ2v) is 10.8. The van der Waals surface area contributed by atoms with Gasteiger partial charge in [-0.3, -0.25) is 0 Å². The van der Waals surface area contributed by atoms with Crippen LogP contribution in [0.3, 0.4) is 0 Å². The van der Waals surface area contributed by atoms with Crippen LogP contribution in [0.15, 0.2) is 120 Å². The van der Waals surface area contributed by atoms with Gasteiger partial charge in [0.1, 0.15) is 11.2 Å². The average Bonchev–Trinajstić information content (AvgIpc) is 3.62. The number of rotatable bonds is 1. The van der Waals surface area contributed by atoms with Crippen molar-refractivity contribution in [3.63, 3.8) is 0 Å². The summed E-state index contributed by atoms with van der Waals surface area (Å²) in [6.07, 6.45) is 0. The van der Waals surface area contributed by atoms with Gasteiger partial charge in [-0.2, -0.15) is 0 Å². The Morgan fingerprint density at radius 2 is 1.19 bits per heavy atom. The molecular weight excluding hydrogens is 470 g/mol. The first kappa shape index (κ1) is 19.6. The van der Waals surface area contributed by atoms with E-state index in [1.165, 1.54) is 69.2 Å². The van der Waals surface area contributed by atoms with Crippen molar-refractivity contribution in [1.82, 2.24) is 4.57 Å². The molecule has 0 saturated heterocycles. The molecule has 0 bridgehead atoms. The van der Waals surface area contributed by atoms with E-state index in [2.05, 4.69) is 114 Å². The number of para-hydroxylation sites is 2. The SMILES string of the molecule is c1ccc2c(c1)oc1c2c2ccccc2c2c1c1ccccc1n2-c1ccc2c(c1)sc1ccccc12. The molecule has 0 aliphatic carbocycles. The Bertz CT molecular complexity index is 2370. The van der Waals surface area contributed by atoms with Gasteiger partial charge in [0.15, 0.2) is 0 Å². The minimum atomic E-state index is 0.929. The minimum Gasteiger partial charge on any atom is -0.455 e. The fraction of sp³-hybridized carbons (Fsp3) is 0. The third-order valence-electron chi connectivity index (χ3n) is 7.77. The van der Waals surface area contributed by atoms with Crippen LogP contribution in [0.25, 0.3) is 80.4 Å². The van der Waals surface area contributed by atoms with Crippen molar-refractivity contribution in [1.29, 1.82) is 0 Å². The van der Waals surface area contributed by atoms with Crippen LogP contribution < -0.4 is 0 Å². The van der Waals surface area contributed by atoms with Crippen LogP contribution in [0, 0.1) is 0 Å². The van der Waals surface area contributed by atoms with Crippen LogP contribution in [-0.4, -0.2) is 4.57 Å². The van der Waals surface area contributed by atoms with E-state index >= 15 is 0 Å². The van der Waals surface area contributed by atoms with Crippen LogP contribution >= 0.6 is 11.3 Å². The van der Waals surface area contributed by atoms with Crippen LogP contribution in [0.2, 0.25) is 0 Å². The van der Waals surface area contributed by atoms with Crippen molar-refractivity contribution in [3.8, 4) is 5.69 Å². The Morgan fingerprint density at radius 1 is 0.514 bits per heavy atom. The van der Waals surface area contributed by atoms with Gasteiger partial charge in [0.2, 0.25) is 0 Å². The second kappa shape index (κ2) is 7.00. The summed E-state index contributed by atoms with van der Waals surface area (Å²) < 4.78 is 11.7. The molecule has 3 aromatic heterocycles. The van der Waals surface area contributed by atoms with Crippen molar-refractivity contribution in [3.05, 3.63) is 115 Å². The van der Waals surface area contributed by atoms with E-state index in [0.717, 1.165) is 11.2 Å². The zero-order chi connectivity index (χ0) is 24.1. The van der Waals surface area contributed by atoms with Gasteiger partial charge in [-0.1, -0.05) is 84.9 Å². The molecule has 3 heteroatoms. The highest BCUT2D eigenvalue weighted by Gasteiger charge is 2.22. The lowest BCUT2D eigenvalue weighted by Gasteiger charge is -2.11. The lowest BCUT2D eigenvalue weighted by Crippen LogP contribution is -1.94. The molecule has 3 heterocycles. The predicted octanol–water partition coefficient (Wildman–Crippen LogP) is 10.2. The monoisotopic (exact) mass is 489 g/mol. The number of aromatic nitrogens is 1. The summed E-state index contributed by atoms with van der Waals surface area (Å²) in [5.74, 6) is 0. The maximum atomic E-state index is 6.63. The lowest BCUT2D eigenvalue weighted by molar-refractivity contribution is 0.673. The van der Waals surface area contributed by atoms with Gasteiger partial charge in [0, 0.05) is 47.4 Å². The summed E-state index contributed by atoms with van der Waals surface area (Å²) in [6, 6.07) is 41.5. The van der Waals surface area contributed by atoms with Crippen molar-refractivity contribution in [2.45, 2.75) is 0 Å². The second-order valence-electron chi connectivity index (χ2n) is 9.70. The zero-order valence-corrected chi connectivity index (χ0v) is 20.5. The Balaban J connectivity index is 1.52. The molecule has 9 aromatic rings. The topological polar surface area (TPSA) is 18.1 Å². The predicted molar refractivity (Wildman–Crippen MR) is 158 cm³/mol. The van der Waals surface area contributed by atoms with Crippen molar-refractivity contribution >= 4 is 86.0 Å². The van der Waals surface area contributed by atoms with Gasteiger partial charge < -0.3 is 8.98 Å². The van der Waals surface area contributed by atoms with Gasteiger partial charge in [-0.15, -0.1) is 11.3 Å². The molecule has 0 aliphatic heterocycles. The summed E-state index contributed by atoms with van der Waals surface area (Å²) in [6.45, 7) is 0. The molecule has 0 amide bonds. The zero-order valence-electron chi connectivity index (χ0n) is 19.7. The molecule has 0 spiro atoms. The molecule has 2 nitrogen and oxygen atoms in total. The van der Waals surface area contributed by atoms with Gasteiger partial charge in [-0.05, 0) is 35.7 Å². The summed E-state index contributed by atoms with van der Waals surface area (Å²) >= 11 is 1.86. The normalized spacial score (nSPS) is 12.3. The molecular formula is C34H19NOS. The highest BCUT2D eigenvalue weighted by Crippen LogP contribution is 2.46. The van der Waals surface area contributed by atoms with E-state index in [0.29, 0.717) is 0 Å². The molecule has 0 saturated carbocycles. The maximum Gasteiger partial charge on any atom is 0.146 e. The van der Waals surface area contributed by atoms with Crippen molar-refractivity contribution in [2.24, 2.45) is 0 Å². The highest BCUT2D eigenvalue weighted by atomic mass is 32.1. The minimum absolute atomic E-state index is 0.929. The Kier molecular flexibility index (Phi) is 3.70. The lowest BCUT2D eigenvalue weighted by atomic mass is 9.99. The molecule has 0 fully saturated rings. The molecule has 9 rings (SSSR count). The summed E-state index contributed by atoms with van der Waals surface area (Å²) in [5, 5.41) is 9.85. The quantitative estimate of drug-likeness (QED) is 0.224. The average molecular weight is 490 g/mol. The largest absolute Gasteiger partial charge is 0.455 e. The fourth-order valence-corrected chi connectivity index (χ4v) is 7.38. The third kappa shape index (κ3) is 2.49. The number of fused-ring (bicyclic) bond motifs is 13. The van der Waals surface area contributed by atoms with E-state index < -0.39 is 0 Å². The van der Waals surface area contributed by atoms with E-state index in [-0.39, 0.29) is 0 Å². The van der Waals surface area contributed by atoms with Gasteiger partial charge in [0.25, 0.3) is 0 Å². The number of thiophene rings is 1. The molecule has 0 radical (unpaired) electrons. The van der Waals surface area contributed by atoms with E-state index in [9.17, 15) is 0 Å². The van der Waals surface area contributed by atoms with E-state index in [4.69, 9.17) is 4.42 Å². The number of nitrogens with zero attached hydrogens (tertiary/aromatic N) is 1. The van der Waals surface area contributed by atoms with Crippen molar-refractivity contribution in [2.75, 3.05) is 0 Å². The molecule has 0 aliphatic rings. The van der Waals surface area contributed by atoms with Crippen LogP contribution in [-0.2, 0) is 0 Å². The first-order valence-electron chi connectivity index (χ1n) is 12.5. The number of benzene rings is 6. The van der Waals surface area contributed by atoms with E-state index in [1.54, 1.807) is 0 Å². The third-order valence-corrected chi connectivity index (χ3v) is 8.90. The molecule has 0 atom stereocenters. The first-order chi connectivity index (χ1) is 18.4. The summed E-state index contributed by atoms with van der Waals surface area (Å²) in [4.78, 5) is 0. The smallest absolute Gasteiger partial charge is 0.146 e. The summed E-state index contributed by atoms with van der Waals surface area (Å²) in [7, 11) is 0. The number of furan rings is 1. The molecule has 6 aromatic carbocycles. The maximum absolute atomic E-state index is 6.63. The molecule has 37 heavy (non-hydrogen) atoms. The Hall–Kier alpha value is -4.60.